The topological polar surface area (TPSA) is 284 Å². The van der Waals surface area contributed by atoms with E-state index in [0.29, 0.717) is 18.4 Å². The van der Waals surface area contributed by atoms with Crippen molar-refractivity contribution in [1.82, 2.24) is 26.2 Å². The zero-order valence-corrected chi connectivity index (χ0v) is 24.8. The molecule has 1 aromatic rings. The third kappa shape index (κ3) is 11.4. The number of nitrogens with two attached hydrogens (primary N) is 2. The molecule has 2 rings (SSSR count). The minimum atomic E-state index is -1.56. The van der Waals surface area contributed by atoms with E-state index in [1.807, 2.05) is 0 Å². The molecule has 0 saturated carbocycles. The van der Waals surface area contributed by atoms with Crippen molar-refractivity contribution in [2.75, 3.05) is 19.7 Å². The molecule has 1 aliphatic rings. The minimum absolute atomic E-state index is 0.0175. The summed E-state index contributed by atoms with van der Waals surface area (Å²) in [5.74, 6) is -6.19. The van der Waals surface area contributed by atoms with Crippen LogP contribution in [0.2, 0.25) is 0 Å². The first-order chi connectivity index (χ1) is 21.2. The zero-order chi connectivity index (χ0) is 33.7. The first-order valence-corrected chi connectivity index (χ1v) is 14.3. The van der Waals surface area contributed by atoms with Crippen LogP contribution < -0.4 is 32.7 Å². The summed E-state index contributed by atoms with van der Waals surface area (Å²) < 4.78 is 0. The molecule has 0 bridgehead atoms. The van der Waals surface area contributed by atoms with Gasteiger partial charge in [0.1, 0.15) is 30.2 Å². The molecule has 0 aromatic heterocycles. The first-order valence-electron chi connectivity index (χ1n) is 14.3. The summed E-state index contributed by atoms with van der Waals surface area (Å²) in [6.07, 6.45) is -0.951. The van der Waals surface area contributed by atoms with Crippen LogP contribution in [0.25, 0.3) is 0 Å². The molecule has 248 valence electrons. The second kappa shape index (κ2) is 17.6. The van der Waals surface area contributed by atoms with E-state index in [0.717, 1.165) is 0 Å². The number of primary amides is 1. The van der Waals surface area contributed by atoms with Crippen LogP contribution in [-0.4, -0.2) is 118 Å². The highest BCUT2D eigenvalue weighted by molar-refractivity contribution is 5.96. The zero-order valence-electron chi connectivity index (χ0n) is 24.8. The number of carbonyl (C=O) groups is 7. The first kappa shape index (κ1) is 36.6. The average molecular weight is 636 g/mol. The van der Waals surface area contributed by atoms with Gasteiger partial charge in [-0.2, -0.15) is 0 Å². The van der Waals surface area contributed by atoms with Crippen LogP contribution in [0.5, 0.6) is 0 Å². The standard InChI is InChI=1S/C28H41N7O10/c1-15(37)23(30)27(43)35-11-5-8-20(35)26(42)33-18(12-16-6-3-2-4-7-16)25(41)34-19(14-36)24(40)31-13-22(39)32-17(28(44)45)9-10-21(29)38/h2-4,6-7,15,17-20,23,36-37H,5,8-14,30H2,1H3,(H2,29,38)(H,31,40)(H,32,39)(H,33,42)(H,34,41)(H,44,45)/t15-,17+,18+,19+,20+,23+/m1/s1. The highest BCUT2D eigenvalue weighted by atomic mass is 16.4. The van der Waals surface area contributed by atoms with E-state index < -0.39 is 90.9 Å². The van der Waals surface area contributed by atoms with Crippen LogP contribution in [-0.2, 0) is 40.0 Å². The summed E-state index contributed by atoms with van der Waals surface area (Å²) in [5, 5.41) is 38.0. The summed E-state index contributed by atoms with van der Waals surface area (Å²) in [6, 6.07) is 2.17. The smallest absolute Gasteiger partial charge is 0.326 e. The van der Waals surface area contributed by atoms with Gasteiger partial charge in [-0.1, -0.05) is 30.3 Å². The lowest BCUT2D eigenvalue weighted by atomic mass is 10.0. The second-order valence-corrected chi connectivity index (χ2v) is 10.6. The van der Waals surface area contributed by atoms with Crippen LogP contribution in [0, 0.1) is 0 Å². The molecule has 1 heterocycles. The molecular formula is C28H41N7O10. The van der Waals surface area contributed by atoms with E-state index in [1.54, 1.807) is 30.3 Å². The molecule has 1 aliphatic heterocycles. The summed E-state index contributed by atoms with van der Waals surface area (Å²) >= 11 is 0. The van der Waals surface area contributed by atoms with Gasteiger partial charge in [-0.15, -0.1) is 0 Å². The summed E-state index contributed by atoms with van der Waals surface area (Å²) in [6.45, 7) is -0.0152. The van der Waals surface area contributed by atoms with Gasteiger partial charge in [0, 0.05) is 19.4 Å². The Morgan fingerprint density at radius 2 is 1.64 bits per heavy atom. The van der Waals surface area contributed by atoms with Gasteiger partial charge in [-0.25, -0.2) is 4.79 Å². The predicted octanol–water partition coefficient (Wildman–Crippen LogP) is -4.16. The number of carbonyl (C=O) groups excluding carboxylic acids is 6. The van der Waals surface area contributed by atoms with Crippen molar-refractivity contribution in [1.29, 1.82) is 0 Å². The number of hydrogen-bond acceptors (Lipinski definition) is 10. The lowest BCUT2D eigenvalue weighted by molar-refractivity contribution is -0.142. The molecular weight excluding hydrogens is 594 g/mol. The largest absolute Gasteiger partial charge is 0.480 e. The molecule has 6 atom stereocenters. The van der Waals surface area contributed by atoms with Gasteiger partial charge in [-0.05, 0) is 31.7 Å². The number of aliphatic hydroxyl groups excluding tert-OH is 2. The molecule has 17 heteroatoms. The van der Waals surface area contributed by atoms with Crippen molar-refractivity contribution >= 4 is 41.4 Å². The molecule has 45 heavy (non-hydrogen) atoms. The highest BCUT2D eigenvalue weighted by Crippen LogP contribution is 2.19. The molecule has 1 saturated heterocycles. The Kier molecular flexibility index (Phi) is 14.3. The van der Waals surface area contributed by atoms with Crippen molar-refractivity contribution in [2.45, 2.75) is 75.3 Å². The van der Waals surface area contributed by atoms with Crippen LogP contribution in [0.4, 0.5) is 0 Å². The third-order valence-electron chi connectivity index (χ3n) is 7.11. The fourth-order valence-electron chi connectivity index (χ4n) is 4.57. The van der Waals surface area contributed by atoms with E-state index in [-0.39, 0.29) is 25.8 Å². The van der Waals surface area contributed by atoms with Gasteiger partial charge < -0.3 is 53.0 Å². The van der Waals surface area contributed by atoms with Crippen molar-refractivity contribution in [3.8, 4) is 0 Å². The number of likely N-dealkylation sites (tertiary alicyclic amines) is 1. The van der Waals surface area contributed by atoms with Crippen LogP contribution in [0.1, 0.15) is 38.2 Å². The Labute approximate surface area is 259 Å². The van der Waals surface area contributed by atoms with E-state index in [2.05, 4.69) is 21.3 Å². The number of aliphatic hydroxyl groups is 2. The van der Waals surface area contributed by atoms with Crippen molar-refractivity contribution in [3.05, 3.63) is 35.9 Å². The predicted molar refractivity (Wildman–Crippen MR) is 156 cm³/mol. The number of benzene rings is 1. The lowest BCUT2D eigenvalue weighted by Crippen LogP contribution is -2.59. The van der Waals surface area contributed by atoms with Crippen molar-refractivity contribution < 1.29 is 48.9 Å². The number of hydrogen-bond donors (Lipinski definition) is 9. The molecule has 17 nitrogen and oxygen atoms in total. The number of amides is 6. The summed E-state index contributed by atoms with van der Waals surface area (Å²) in [5.41, 5.74) is 11.5. The normalized spacial score (nSPS) is 17.6. The molecule has 0 radical (unpaired) electrons. The minimum Gasteiger partial charge on any atom is -0.480 e. The van der Waals surface area contributed by atoms with Gasteiger partial charge in [0.05, 0.1) is 19.3 Å². The molecule has 1 aromatic carbocycles. The maximum absolute atomic E-state index is 13.3. The van der Waals surface area contributed by atoms with Crippen molar-refractivity contribution in [2.24, 2.45) is 11.5 Å². The van der Waals surface area contributed by atoms with Crippen LogP contribution in [0.15, 0.2) is 30.3 Å². The number of aliphatic carboxylic acids is 1. The average Bonchev–Trinajstić information content (AvgIpc) is 3.50. The quantitative estimate of drug-likeness (QED) is 0.0792. The van der Waals surface area contributed by atoms with Gasteiger partial charge in [0.2, 0.25) is 35.4 Å². The second-order valence-electron chi connectivity index (χ2n) is 10.6. The number of nitrogens with one attached hydrogen (secondary N) is 4. The van der Waals surface area contributed by atoms with Gasteiger partial charge in [0.25, 0.3) is 0 Å². The summed E-state index contributed by atoms with van der Waals surface area (Å²) in [7, 11) is 0. The Morgan fingerprint density at radius 1 is 0.978 bits per heavy atom. The Morgan fingerprint density at radius 3 is 2.22 bits per heavy atom. The summed E-state index contributed by atoms with van der Waals surface area (Å²) in [4.78, 5) is 87.8. The lowest BCUT2D eigenvalue weighted by Gasteiger charge is -2.29. The van der Waals surface area contributed by atoms with E-state index >= 15 is 0 Å². The van der Waals surface area contributed by atoms with E-state index in [4.69, 9.17) is 11.5 Å². The molecule has 6 amide bonds. The van der Waals surface area contributed by atoms with Crippen LogP contribution in [0.3, 0.4) is 0 Å². The van der Waals surface area contributed by atoms with E-state index in [1.165, 1.54) is 11.8 Å². The Hall–Kier alpha value is -4.61. The van der Waals surface area contributed by atoms with E-state index in [9.17, 15) is 48.9 Å². The number of rotatable bonds is 17. The molecule has 0 aliphatic carbocycles. The maximum Gasteiger partial charge on any atom is 0.326 e. The van der Waals surface area contributed by atoms with Gasteiger partial charge in [0.15, 0.2) is 0 Å². The molecule has 0 spiro atoms. The van der Waals surface area contributed by atoms with Crippen molar-refractivity contribution in [3.63, 3.8) is 0 Å². The maximum atomic E-state index is 13.3. The van der Waals surface area contributed by atoms with Gasteiger partial charge >= 0.3 is 5.97 Å². The molecule has 0 unspecified atom stereocenters. The van der Waals surface area contributed by atoms with Crippen LogP contribution >= 0.6 is 0 Å². The molecule has 11 N–H and O–H groups in total. The number of nitrogens with zero attached hydrogens (tertiary/aromatic N) is 1. The van der Waals surface area contributed by atoms with Gasteiger partial charge in [-0.3, -0.25) is 28.8 Å². The SMILES string of the molecule is C[C@@H](O)[C@H](N)C(=O)N1CCC[C@H]1C(=O)N[C@@H](Cc1ccccc1)C(=O)N[C@@H](CO)C(=O)NCC(=O)N[C@@H](CCC(N)=O)C(=O)O. The Balaban J connectivity index is 2.09. The fourth-order valence-corrected chi connectivity index (χ4v) is 4.57. The Bertz CT molecular complexity index is 1230. The molecule has 1 fully saturated rings. The number of carboxylic acid groups (broad SMARTS) is 1. The highest BCUT2D eigenvalue weighted by Gasteiger charge is 2.39. The monoisotopic (exact) mass is 635 g/mol. The fraction of sp³-hybridized carbons (Fsp3) is 0.536. The number of carboxylic acids is 1. The third-order valence-corrected chi connectivity index (χ3v) is 7.11.